The van der Waals surface area contributed by atoms with Crippen LogP contribution in [0.5, 0.6) is 0 Å². The van der Waals surface area contributed by atoms with Gasteiger partial charge in [-0.1, -0.05) is 20.8 Å². The van der Waals surface area contributed by atoms with Crippen LogP contribution in [0, 0.1) is 5.41 Å². The van der Waals surface area contributed by atoms with Crippen LogP contribution in [0.4, 0.5) is 0 Å². The second kappa shape index (κ2) is 6.47. The Morgan fingerprint density at radius 1 is 1.21 bits per heavy atom. The fourth-order valence-electron chi connectivity index (χ4n) is 2.73. The van der Waals surface area contributed by atoms with Crippen molar-refractivity contribution < 1.29 is 0 Å². The Morgan fingerprint density at radius 3 is 2.42 bits per heavy atom. The van der Waals surface area contributed by atoms with Crippen LogP contribution in [0.15, 0.2) is 12.4 Å². The van der Waals surface area contributed by atoms with E-state index in [2.05, 4.69) is 36.1 Å². The number of hydrogen-bond donors (Lipinski definition) is 1. The number of rotatable bonds is 5. The van der Waals surface area contributed by atoms with Gasteiger partial charge >= 0.3 is 0 Å². The van der Waals surface area contributed by atoms with Crippen molar-refractivity contribution in [1.29, 1.82) is 0 Å². The van der Waals surface area contributed by atoms with E-state index >= 15 is 0 Å². The maximum absolute atomic E-state index is 4.58. The van der Waals surface area contributed by atoms with E-state index in [1.54, 1.807) is 0 Å². The molecule has 1 saturated carbocycles. The topological polar surface area (TPSA) is 37.8 Å². The van der Waals surface area contributed by atoms with E-state index in [4.69, 9.17) is 0 Å². The minimum absolute atomic E-state index is 0.514. The lowest BCUT2D eigenvalue weighted by Crippen LogP contribution is -2.21. The molecule has 0 unspecified atom stereocenters. The molecule has 19 heavy (non-hydrogen) atoms. The van der Waals surface area contributed by atoms with Gasteiger partial charge < -0.3 is 5.32 Å². The third-order valence-electron chi connectivity index (χ3n) is 4.19. The first-order chi connectivity index (χ1) is 9.11. The van der Waals surface area contributed by atoms with Crippen molar-refractivity contribution in [3.8, 4) is 0 Å². The lowest BCUT2D eigenvalue weighted by atomic mass is 9.73. The van der Waals surface area contributed by atoms with Gasteiger partial charge in [0.1, 0.15) is 5.82 Å². The van der Waals surface area contributed by atoms with Gasteiger partial charge in [0, 0.05) is 30.4 Å². The number of aromatic nitrogens is 2. The maximum atomic E-state index is 4.58. The minimum Gasteiger partial charge on any atom is -0.313 e. The van der Waals surface area contributed by atoms with Gasteiger partial charge in [-0.2, -0.15) is 0 Å². The van der Waals surface area contributed by atoms with Crippen LogP contribution in [0.1, 0.15) is 70.2 Å². The highest BCUT2D eigenvalue weighted by Crippen LogP contribution is 2.41. The molecular formula is C16H27N3. The van der Waals surface area contributed by atoms with Gasteiger partial charge in [-0.3, -0.25) is 0 Å². The molecule has 0 amide bonds. The van der Waals surface area contributed by atoms with E-state index in [0.29, 0.717) is 11.3 Å². The lowest BCUT2D eigenvalue weighted by Gasteiger charge is -2.33. The summed E-state index contributed by atoms with van der Waals surface area (Å²) in [6, 6.07) is 0. The molecule has 3 nitrogen and oxygen atoms in total. The lowest BCUT2D eigenvalue weighted by molar-refractivity contribution is 0.220. The van der Waals surface area contributed by atoms with Crippen molar-refractivity contribution in [3.63, 3.8) is 0 Å². The number of hydrogen-bond acceptors (Lipinski definition) is 3. The summed E-state index contributed by atoms with van der Waals surface area (Å²) in [6.07, 6.45) is 10.2. The minimum atomic E-state index is 0.514. The second-order valence-corrected chi connectivity index (χ2v) is 6.56. The summed E-state index contributed by atoms with van der Waals surface area (Å²) in [5.41, 5.74) is 1.70. The summed E-state index contributed by atoms with van der Waals surface area (Å²) >= 11 is 0. The first kappa shape index (κ1) is 14.4. The van der Waals surface area contributed by atoms with Crippen LogP contribution in [0.3, 0.4) is 0 Å². The first-order valence-electron chi connectivity index (χ1n) is 7.62. The molecule has 106 valence electrons. The molecule has 1 N–H and O–H groups in total. The van der Waals surface area contributed by atoms with E-state index in [-0.39, 0.29) is 0 Å². The van der Waals surface area contributed by atoms with Gasteiger partial charge in [0.2, 0.25) is 0 Å². The summed E-state index contributed by atoms with van der Waals surface area (Å²) in [7, 11) is 0. The molecule has 0 bridgehead atoms. The largest absolute Gasteiger partial charge is 0.313 e. The van der Waals surface area contributed by atoms with Crippen LogP contribution in [-0.4, -0.2) is 16.5 Å². The Hall–Kier alpha value is -0.960. The molecule has 1 aliphatic rings. The fraction of sp³-hybridized carbons (Fsp3) is 0.750. The zero-order valence-electron chi connectivity index (χ0n) is 12.6. The molecule has 1 aliphatic carbocycles. The zero-order chi connectivity index (χ0) is 13.7. The molecule has 1 aromatic rings. The highest BCUT2D eigenvalue weighted by atomic mass is 14.9. The molecular weight excluding hydrogens is 234 g/mol. The van der Waals surface area contributed by atoms with Crippen molar-refractivity contribution in [1.82, 2.24) is 15.3 Å². The van der Waals surface area contributed by atoms with Gasteiger partial charge in [0.25, 0.3) is 0 Å². The highest BCUT2D eigenvalue weighted by molar-refractivity contribution is 5.08. The molecule has 2 rings (SSSR count). The van der Waals surface area contributed by atoms with E-state index in [1.165, 1.54) is 31.2 Å². The predicted molar refractivity (Wildman–Crippen MR) is 79.0 cm³/mol. The standard InChI is InChI=1S/C16H27N3/c1-4-9-17-10-13-11-18-15(19-12-13)14-5-7-16(2,3)8-6-14/h11-12,14,17H,4-10H2,1-3H3. The smallest absolute Gasteiger partial charge is 0.131 e. The molecule has 1 fully saturated rings. The third kappa shape index (κ3) is 4.27. The Labute approximate surface area is 117 Å². The summed E-state index contributed by atoms with van der Waals surface area (Å²) in [5, 5.41) is 3.38. The van der Waals surface area contributed by atoms with Gasteiger partial charge in [-0.25, -0.2) is 9.97 Å². The van der Waals surface area contributed by atoms with Crippen molar-refractivity contribution in [2.75, 3.05) is 6.54 Å². The van der Waals surface area contributed by atoms with E-state index in [0.717, 1.165) is 25.3 Å². The number of nitrogens with zero attached hydrogens (tertiary/aromatic N) is 2. The molecule has 0 spiro atoms. The van der Waals surface area contributed by atoms with Crippen molar-refractivity contribution in [2.45, 2.75) is 65.3 Å². The van der Waals surface area contributed by atoms with Crippen LogP contribution in [0.2, 0.25) is 0 Å². The average molecular weight is 261 g/mol. The Balaban J connectivity index is 1.88. The fourth-order valence-corrected chi connectivity index (χ4v) is 2.73. The normalized spacial score (nSPS) is 19.5. The van der Waals surface area contributed by atoms with Gasteiger partial charge in [-0.05, 0) is 44.1 Å². The molecule has 3 heteroatoms. The van der Waals surface area contributed by atoms with E-state index < -0.39 is 0 Å². The molecule has 0 aromatic carbocycles. The Kier molecular flexibility index (Phi) is 4.92. The summed E-state index contributed by atoms with van der Waals surface area (Å²) in [5.74, 6) is 1.63. The van der Waals surface area contributed by atoms with E-state index in [9.17, 15) is 0 Å². The third-order valence-corrected chi connectivity index (χ3v) is 4.19. The SMILES string of the molecule is CCCNCc1cnc(C2CCC(C)(C)CC2)nc1. The van der Waals surface area contributed by atoms with Gasteiger partial charge in [0.15, 0.2) is 0 Å². The molecule has 0 saturated heterocycles. The predicted octanol–water partition coefficient (Wildman–Crippen LogP) is 3.66. The second-order valence-electron chi connectivity index (χ2n) is 6.56. The quantitative estimate of drug-likeness (QED) is 0.822. The monoisotopic (exact) mass is 261 g/mol. The van der Waals surface area contributed by atoms with Crippen molar-refractivity contribution in [3.05, 3.63) is 23.8 Å². The van der Waals surface area contributed by atoms with Crippen molar-refractivity contribution in [2.24, 2.45) is 5.41 Å². The van der Waals surface area contributed by atoms with Crippen LogP contribution in [-0.2, 0) is 6.54 Å². The summed E-state index contributed by atoms with van der Waals surface area (Å²) < 4.78 is 0. The van der Waals surface area contributed by atoms with Crippen LogP contribution in [0.25, 0.3) is 0 Å². The van der Waals surface area contributed by atoms with Crippen LogP contribution >= 0.6 is 0 Å². The van der Waals surface area contributed by atoms with Crippen LogP contribution < -0.4 is 5.32 Å². The molecule has 1 aromatic heterocycles. The Morgan fingerprint density at radius 2 is 1.84 bits per heavy atom. The summed E-state index contributed by atoms with van der Waals surface area (Å²) in [6.45, 7) is 8.85. The molecule has 0 aliphatic heterocycles. The number of nitrogens with one attached hydrogen (secondary N) is 1. The first-order valence-corrected chi connectivity index (χ1v) is 7.62. The Bertz CT molecular complexity index is 373. The highest BCUT2D eigenvalue weighted by Gasteiger charge is 2.28. The van der Waals surface area contributed by atoms with E-state index in [1.807, 2.05) is 12.4 Å². The maximum Gasteiger partial charge on any atom is 0.131 e. The molecule has 0 atom stereocenters. The molecule has 0 radical (unpaired) electrons. The summed E-state index contributed by atoms with van der Waals surface area (Å²) in [4.78, 5) is 9.16. The van der Waals surface area contributed by atoms with Gasteiger partial charge in [-0.15, -0.1) is 0 Å². The van der Waals surface area contributed by atoms with Gasteiger partial charge in [0.05, 0.1) is 0 Å². The zero-order valence-corrected chi connectivity index (χ0v) is 12.6. The molecule has 1 heterocycles. The average Bonchev–Trinajstić information content (AvgIpc) is 2.40. The van der Waals surface area contributed by atoms with Crippen molar-refractivity contribution >= 4 is 0 Å².